The molecule has 0 aliphatic carbocycles. The highest BCUT2D eigenvalue weighted by Gasteiger charge is 2.12. The molecule has 0 bridgehead atoms. The minimum atomic E-state index is -0.500. The number of amides is 1. The molecule has 1 N–H and O–H groups in total. The normalized spacial score (nSPS) is 10.1. The number of carbonyl (C=O) groups is 1. The number of hydrogen-bond acceptors (Lipinski definition) is 3. The van der Waals surface area contributed by atoms with Gasteiger partial charge in [-0.3, -0.25) is 4.79 Å². The summed E-state index contributed by atoms with van der Waals surface area (Å²) in [6.07, 6.45) is 0. The largest absolute Gasteiger partial charge is 0.497 e. The van der Waals surface area contributed by atoms with Gasteiger partial charge in [0.2, 0.25) is 0 Å². The van der Waals surface area contributed by atoms with Crippen LogP contribution >= 0.6 is 15.9 Å². The molecule has 0 saturated carbocycles. The van der Waals surface area contributed by atoms with E-state index < -0.39 is 11.7 Å². The summed E-state index contributed by atoms with van der Waals surface area (Å²) in [5.74, 6) is 0.128. The Kier molecular flexibility index (Phi) is 4.80. The lowest BCUT2D eigenvalue weighted by molar-refractivity contribution is 0.102. The SMILES string of the molecule is COc1ccc(OC)c(NC(=O)c2ccc(Br)c(F)c2)c1. The van der Waals surface area contributed by atoms with Gasteiger partial charge < -0.3 is 14.8 Å². The topological polar surface area (TPSA) is 47.6 Å². The van der Waals surface area contributed by atoms with Gasteiger partial charge in [0, 0.05) is 11.6 Å². The van der Waals surface area contributed by atoms with E-state index in [9.17, 15) is 9.18 Å². The van der Waals surface area contributed by atoms with Crippen LogP contribution in [0.3, 0.4) is 0 Å². The van der Waals surface area contributed by atoms with Crippen LogP contribution in [-0.2, 0) is 0 Å². The van der Waals surface area contributed by atoms with Crippen LogP contribution in [0.25, 0.3) is 0 Å². The van der Waals surface area contributed by atoms with E-state index in [1.165, 1.54) is 26.4 Å². The van der Waals surface area contributed by atoms with Crippen molar-refractivity contribution in [2.45, 2.75) is 0 Å². The standard InChI is InChI=1S/C15H13BrFNO3/c1-20-10-4-6-14(21-2)13(8-10)18-15(19)9-3-5-11(16)12(17)7-9/h3-8H,1-2H3,(H,18,19). The fourth-order valence-electron chi connectivity index (χ4n) is 1.74. The predicted octanol–water partition coefficient (Wildman–Crippen LogP) is 3.86. The molecule has 0 unspecified atom stereocenters. The molecule has 0 radical (unpaired) electrons. The second kappa shape index (κ2) is 6.58. The first-order chi connectivity index (χ1) is 10.0. The molecule has 0 heterocycles. The lowest BCUT2D eigenvalue weighted by Crippen LogP contribution is -2.13. The second-order valence-corrected chi connectivity index (χ2v) is 5.00. The van der Waals surface area contributed by atoms with Gasteiger partial charge in [-0.05, 0) is 46.3 Å². The molecule has 0 atom stereocenters. The van der Waals surface area contributed by atoms with Crippen LogP contribution in [-0.4, -0.2) is 20.1 Å². The van der Waals surface area contributed by atoms with Crippen molar-refractivity contribution in [2.24, 2.45) is 0 Å². The zero-order valence-corrected chi connectivity index (χ0v) is 13.0. The van der Waals surface area contributed by atoms with E-state index in [0.717, 1.165) is 6.07 Å². The quantitative estimate of drug-likeness (QED) is 0.907. The molecule has 4 nitrogen and oxygen atoms in total. The highest BCUT2D eigenvalue weighted by Crippen LogP contribution is 2.29. The van der Waals surface area contributed by atoms with Gasteiger partial charge in [-0.15, -0.1) is 0 Å². The van der Waals surface area contributed by atoms with Crippen molar-refractivity contribution in [3.63, 3.8) is 0 Å². The highest BCUT2D eigenvalue weighted by atomic mass is 79.9. The summed E-state index contributed by atoms with van der Waals surface area (Å²) in [7, 11) is 3.02. The predicted molar refractivity (Wildman–Crippen MR) is 81.6 cm³/mol. The Hall–Kier alpha value is -2.08. The third kappa shape index (κ3) is 3.52. The van der Waals surface area contributed by atoms with E-state index in [4.69, 9.17) is 9.47 Å². The Labute approximate surface area is 130 Å². The molecular weight excluding hydrogens is 341 g/mol. The van der Waals surface area contributed by atoms with Gasteiger partial charge in [-0.2, -0.15) is 0 Å². The fourth-order valence-corrected chi connectivity index (χ4v) is 1.99. The van der Waals surface area contributed by atoms with Gasteiger partial charge >= 0.3 is 0 Å². The number of anilines is 1. The maximum atomic E-state index is 13.5. The molecule has 0 fully saturated rings. The van der Waals surface area contributed by atoms with E-state index in [-0.39, 0.29) is 5.56 Å². The van der Waals surface area contributed by atoms with E-state index in [0.29, 0.717) is 21.7 Å². The van der Waals surface area contributed by atoms with E-state index in [2.05, 4.69) is 21.2 Å². The molecule has 2 rings (SSSR count). The molecule has 2 aromatic carbocycles. The number of ether oxygens (including phenoxy) is 2. The molecule has 0 spiro atoms. The minimum absolute atomic E-state index is 0.209. The first-order valence-electron chi connectivity index (χ1n) is 6.03. The molecular formula is C15H13BrFNO3. The van der Waals surface area contributed by atoms with Crippen LogP contribution in [0.2, 0.25) is 0 Å². The zero-order chi connectivity index (χ0) is 15.4. The second-order valence-electron chi connectivity index (χ2n) is 4.15. The number of benzene rings is 2. The van der Waals surface area contributed by atoms with Crippen LogP contribution in [0.5, 0.6) is 11.5 Å². The van der Waals surface area contributed by atoms with E-state index in [1.54, 1.807) is 18.2 Å². The summed E-state index contributed by atoms with van der Waals surface area (Å²) >= 11 is 3.04. The molecule has 2 aromatic rings. The van der Waals surface area contributed by atoms with Gasteiger partial charge in [0.15, 0.2) is 0 Å². The molecule has 0 aliphatic rings. The third-order valence-corrected chi connectivity index (χ3v) is 3.48. The summed E-state index contributed by atoms with van der Waals surface area (Å²) < 4.78 is 24.1. The summed E-state index contributed by atoms with van der Waals surface area (Å²) in [4.78, 5) is 12.2. The highest BCUT2D eigenvalue weighted by molar-refractivity contribution is 9.10. The zero-order valence-electron chi connectivity index (χ0n) is 11.4. The molecule has 0 saturated heterocycles. The van der Waals surface area contributed by atoms with Crippen molar-refractivity contribution in [1.82, 2.24) is 0 Å². The van der Waals surface area contributed by atoms with E-state index >= 15 is 0 Å². The van der Waals surface area contributed by atoms with Gasteiger partial charge in [-0.25, -0.2) is 4.39 Å². The lowest BCUT2D eigenvalue weighted by Gasteiger charge is -2.12. The number of nitrogens with one attached hydrogen (secondary N) is 1. The smallest absolute Gasteiger partial charge is 0.255 e. The Morgan fingerprint density at radius 2 is 1.90 bits per heavy atom. The van der Waals surface area contributed by atoms with Gasteiger partial charge in [0.05, 0.1) is 24.4 Å². The van der Waals surface area contributed by atoms with Gasteiger partial charge in [0.1, 0.15) is 17.3 Å². The number of rotatable bonds is 4. The van der Waals surface area contributed by atoms with Crippen LogP contribution < -0.4 is 14.8 Å². The van der Waals surface area contributed by atoms with Crippen molar-refractivity contribution in [3.05, 3.63) is 52.3 Å². The van der Waals surface area contributed by atoms with E-state index in [1.807, 2.05) is 0 Å². The summed E-state index contributed by atoms with van der Waals surface area (Å²) in [6, 6.07) is 9.19. The number of hydrogen-bond donors (Lipinski definition) is 1. The minimum Gasteiger partial charge on any atom is -0.497 e. The fraction of sp³-hybridized carbons (Fsp3) is 0.133. The monoisotopic (exact) mass is 353 g/mol. The maximum absolute atomic E-state index is 13.5. The average molecular weight is 354 g/mol. The Balaban J connectivity index is 2.28. The van der Waals surface area contributed by atoms with Crippen LogP contribution in [0.1, 0.15) is 10.4 Å². The number of carbonyl (C=O) groups excluding carboxylic acids is 1. The van der Waals surface area contributed by atoms with Crippen LogP contribution in [0, 0.1) is 5.82 Å². The maximum Gasteiger partial charge on any atom is 0.255 e. The number of halogens is 2. The van der Waals surface area contributed by atoms with Gasteiger partial charge in [-0.1, -0.05) is 0 Å². The van der Waals surface area contributed by atoms with Gasteiger partial charge in [0.25, 0.3) is 5.91 Å². The molecule has 0 aromatic heterocycles. The molecule has 1 amide bonds. The van der Waals surface area contributed by atoms with Crippen molar-refractivity contribution >= 4 is 27.5 Å². The van der Waals surface area contributed by atoms with Crippen molar-refractivity contribution < 1.29 is 18.7 Å². The van der Waals surface area contributed by atoms with Crippen molar-refractivity contribution in [3.8, 4) is 11.5 Å². The summed E-state index contributed by atoms with van der Waals surface area (Å²) in [5.41, 5.74) is 0.658. The van der Waals surface area contributed by atoms with Crippen LogP contribution in [0.4, 0.5) is 10.1 Å². The Morgan fingerprint density at radius 3 is 2.52 bits per heavy atom. The summed E-state index contributed by atoms with van der Waals surface area (Å²) in [5, 5.41) is 2.67. The first kappa shape index (κ1) is 15.3. The molecule has 21 heavy (non-hydrogen) atoms. The molecule has 110 valence electrons. The van der Waals surface area contributed by atoms with Crippen molar-refractivity contribution in [2.75, 3.05) is 19.5 Å². The van der Waals surface area contributed by atoms with Crippen LogP contribution in [0.15, 0.2) is 40.9 Å². The summed E-state index contributed by atoms with van der Waals surface area (Å²) in [6.45, 7) is 0. The lowest BCUT2D eigenvalue weighted by atomic mass is 10.2. The molecule has 6 heteroatoms. The Morgan fingerprint density at radius 1 is 1.14 bits per heavy atom. The first-order valence-corrected chi connectivity index (χ1v) is 6.83. The Bertz CT molecular complexity index is 676. The molecule has 0 aliphatic heterocycles. The third-order valence-electron chi connectivity index (χ3n) is 2.84. The average Bonchev–Trinajstić information content (AvgIpc) is 2.49. The van der Waals surface area contributed by atoms with Crippen molar-refractivity contribution in [1.29, 1.82) is 0 Å². The number of methoxy groups -OCH3 is 2.